The van der Waals surface area contributed by atoms with Crippen molar-refractivity contribution in [3.8, 4) is 0 Å². The zero-order valence-corrected chi connectivity index (χ0v) is 22.4. The lowest BCUT2D eigenvalue weighted by Gasteiger charge is -2.46. The fraction of sp³-hybridized carbons (Fsp3) is 0.808. The van der Waals surface area contributed by atoms with Gasteiger partial charge < -0.3 is 20.0 Å². The van der Waals surface area contributed by atoms with Crippen molar-refractivity contribution in [3.63, 3.8) is 0 Å². The van der Waals surface area contributed by atoms with Crippen LogP contribution >= 0.6 is 11.8 Å². The molecule has 2 unspecified atom stereocenters. The number of hydrogen-bond acceptors (Lipinski definition) is 5. The maximum Gasteiger partial charge on any atom is 0.308 e. The topological polar surface area (TPSA) is 98.2 Å². The molecule has 0 radical (unpaired) electrons. The molecule has 2 N–H and O–H groups in total. The van der Waals surface area contributed by atoms with E-state index in [4.69, 9.17) is 0 Å². The average Bonchev–Trinajstić information content (AvgIpc) is 3.25. The Morgan fingerprint density at radius 3 is 2.41 bits per heavy atom. The fourth-order valence-corrected chi connectivity index (χ4v) is 9.36. The summed E-state index contributed by atoms with van der Waals surface area (Å²) >= 11 is 1.56. The van der Waals surface area contributed by atoms with E-state index >= 15 is 0 Å². The molecule has 3 fully saturated rings. The normalized spacial score (nSPS) is 32.7. The van der Waals surface area contributed by atoms with Crippen LogP contribution in [0, 0.1) is 17.3 Å². The summed E-state index contributed by atoms with van der Waals surface area (Å²) in [6.07, 6.45) is 4.93. The van der Waals surface area contributed by atoms with Crippen LogP contribution in [0.15, 0.2) is 12.7 Å². The summed E-state index contributed by atoms with van der Waals surface area (Å²) in [5, 5.41) is 19.4. The predicted molar refractivity (Wildman–Crippen MR) is 134 cm³/mol. The monoisotopic (exact) mass is 494 g/mol. The number of nitrogens with zero attached hydrogens (tertiary/aromatic N) is 2. The number of carboxylic acids is 1. The van der Waals surface area contributed by atoms with Crippen molar-refractivity contribution in [2.75, 3.05) is 19.7 Å². The van der Waals surface area contributed by atoms with Crippen LogP contribution in [0.25, 0.3) is 0 Å². The minimum absolute atomic E-state index is 0.0149. The lowest BCUT2D eigenvalue weighted by Crippen LogP contribution is -2.60. The number of likely N-dealkylation sites (tertiary alicyclic amines) is 1. The minimum atomic E-state index is -0.950. The largest absolute Gasteiger partial charge is 0.481 e. The molecule has 5 atom stereocenters. The van der Waals surface area contributed by atoms with Crippen molar-refractivity contribution >= 4 is 29.5 Å². The molecule has 0 aromatic carbocycles. The Kier molecular flexibility index (Phi) is 7.29. The number of carbonyl (C=O) groups excluding carboxylic acids is 2. The van der Waals surface area contributed by atoms with Gasteiger partial charge in [0.05, 0.1) is 16.6 Å². The van der Waals surface area contributed by atoms with Gasteiger partial charge >= 0.3 is 5.97 Å². The quantitative estimate of drug-likeness (QED) is 0.356. The van der Waals surface area contributed by atoms with Gasteiger partial charge in [0, 0.05) is 30.0 Å². The van der Waals surface area contributed by atoms with Crippen LogP contribution in [0.3, 0.4) is 0 Å². The van der Waals surface area contributed by atoms with Crippen LogP contribution < -0.4 is 0 Å². The van der Waals surface area contributed by atoms with Gasteiger partial charge in [0.15, 0.2) is 0 Å². The molecule has 192 valence electrons. The highest BCUT2D eigenvalue weighted by atomic mass is 32.2. The predicted octanol–water partition coefficient (Wildman–Crippen LogP) is 3.55. The molecule has 7 nitrogen and oxygen atoms in total. The second kappa shape index (κ2) is 9.16. The van der Waals surface area contributed by atoms with Crippen molar-refractivity contribution in [1.29, 1.82) is 0 Å². The molecule has 3 saturated heterocycles. The first-order chi connectivity index (χ1) is 15.6. The Morgan fingerprint density at radius 2 is 1.88 bits per heavy atom. The molecular weight excluding hydrogens is 452 g/mol. The Bertz CT molecular complexity index is 853. The number of hydrogen-bond donors (Lipinski definition) is 2. The Labute approximate surface area is 208 Å². The van der Waals surface area contributed by atoms with Gasteiger partial charge in [-0.05, 0) is 58.3 Å². The summed E-state index contributed by atoms with van der Waals surface area (Å²) in [7, 11) is 0. The number of amides is 2. The van der Waals surface area contributed by atoms with E-state index in [1.165, 1.54) is 0 Å². The number of aliphatic hydroxyl groups is 1. The number of carboxylic acid groups (broad SMARTS) is 1. The Hall–Kier alpha value is -1.54. The maximum absolute atomic E-state index is 14.4. The van der Waals surface area contributed by atoms with Crippen LogP contribution in [-0.2, 0) is 14.4 Å². The van der Waals surface area contributed by atoms with Gasteiger partial charge in [-0.1, -0.05) is 26.8 Å². The zero-order chi connectivity index (χ0) is 25.7. The molecule has 1 spiro atoms. The van der Waals surface area contributed by atoms with E-state index in [2.05, 4.69) is 41.2 Å². The number of carbonyl (C=O) groups is 3. The smallest absolute Gasteiger partial charge is 0.308 e. The lowest BCUT2D eigenvalue weighted by molar-refractivity contribution is -0.150. The molecule has 3 heterocycles. The number of thioether (sulfide) groups is 1. The van der Waals surface area contributed by atoms with Crippen LogP contribution in [0.5, 0.6) is 0 Å². The number of fused-ring (bicyclic) bond motifs is 1. The van der Waals surface area contributed by atoms with Crippen molar-refractivity contribution < 1.29 is 24.6 Å². The molecule has 0 saturated carbocycles. The zero-order valence-electron chi connectivity index (χ0n) is 21.6. The van der Waals surface area contributed by atoms with E-state index in [1.54, 1.807) is 22.7 Å². The van der Waals surface area contributed by atoms with E-state index in [9.17, 15) is 24.6 Å². The second-order valence-corrected chi connectivity index (χ2v) is 14.2. The van der Waals surface area contributed by atoms with Crippen LogP contribution in [0.4, 0.5) is 0 Å². The number of aliphatic carboxylic acids is 1. The van der Waals surface area contributed by atoms with Crippen molar-refractivity contribution in [2.45, 2.75) is 94.7 Å². The van der Waals surface area contributed by atoms with Gasteiger partial charge in [-0.25, -0.2) is 0 Å². The van der Waals surface area contributed by atoms with Gasteiger partial charge in [-0.3, -0.25) is 14.4 Å². The first kappa shape index (κ1) is 27.1. The molecule has 2 amide bonds. The average molecular weight is 495 g/mol. The van der Waals surface area contributed by atoms with E-state index in [0.29, 0.717) is 38.8 Å². The van der Waals surface area contributed by atoms with Crippen LogP contribution in [-0.4, -0.2) is 78.6 Å². The summed E-state index contributed by atoms with van der Waals surface area (Å²) in [4.78, 5) is 44.1. The van der Waals surface area contributed by atoms with E-state index in [0.717, 1.165) is 6.42 Å². The summed E-state index contributed by atoms with van der Waals surface area (Å²) in [6, 6.07) is -0.709. The molecule has 34 heavy (non-hydrogen) atoms. The third kappa shape index (κ3) is 4.41. The van der Waals surface area contributed by atoms with Crippen molar-refractivity contribution in [3.05, 3.63) is 12.7 Å². The summed E-state index contributed by atoms with van der Waals surface area (Å²) < 4.78 is -1.28. The highest BCUT2D eigenvalue weighted by molar-refractivity contribution is 8.02. The lowest BCUT2D eigenvalue weighted by atomic mass is 9.66. The SMILES string of the molecule is C=CCN(C(=O)C1N(CCCCO)C(=O)[C@@H]2[C@H](C(=O)O)[C@]3(C)CCC12S3)C(C)(C)CC(C)(C)C. The minimum Gasteiger partial charge on any atom is -0.481 e. The molecule has 3 aliphatic rings. The van der Waals surface area contributed by atoms with Gasteiger partial charge in [0.1, 0.15) is 6.04 Å². The number of unbranched alkanes of at least 4 members (excludes halogenated alkanes) is 1. The maximum atomic E-state index is 14.4. The fourth-order valence-electron chi connectivity index (χ4n) is 7.02. The summed E-state index contributed by atoms with van der Waals surface area (Å²) in [6.45, 7) is 17.1. The summed E-state index contributed by atoms with van der Waals surface area (Å²) in [5.41, 5.74) is -0.492. The molecule has 8 heteroatoms. The van der Waals surface area contributed by atoms with E-state index in [1.807, 2.05) is 11.8 Å². The first-order valence-corrected chi connectivity index (χ1v) is 13.2. The molecule has 0 aromatic heterocycles. The molecule has 0 aliphatic carbocycles. The molecular formula is C26H42N2O5S. The van der Waals surface area contributed by atoms with E-state index < -0.39 is 38.9 Å². The summed E-state index contributed by atoms with van der Waals surface area (Å²) in [5.74, 6) is -2.78. The highest BCUT2D eigenvalue weighted by Crippen LogP contribution is 2.71. The second-order valence-electron chi connectivity index (χ2n) is 12.3. The number of rotatable bonds is 10. The van der Waals surface area contributed by atoms with Crippen molar-refractivity contribution in [2.24, 2.45) is 17.3 Å². The molecule has 0 aromatic rings. The van der Waals surface area contributed by atoms with E-state index in [-0.39, 0.29) is 23.8 Å². The van der Waals surface area contributed by atoms with Gasteiger partial charge in [-0.15, -0.1) is 18.3 Å². The standard InChI is InChI=1S/C26H42N2O5S/c1-8-13-28(24(5,6)16-23(2,3)4)21(31)19-26-12-11-25(7,34-26)18(22(32)33)17(26)20(30)27(19)14-9-10-15-29/h8,17-19,29H,1,9-16H2,2-7H3,(H,32,33)/t17-,18+,19?,25-,26?/m0/s1. The van der Waals surface area contributed by atoms with Gasteiger partial charge in [-0.2, -0.15) is 0 Å². The molecule has 3 rings (SSSR count). The van der Waals surface area contributed by atoms with Gasteiger partial charge in [0.25, 0.3) is 0 Å². The Morgan fingerprint density at radius 1 is 1.24 bits per heavy atom. The first-order valence-electron chi connectivity index (χ1n) is 12.4. The van der Waals surface area contributed by atoms with Crippen LogP contribution in [0.2, 0.25) is 0 Å². The molecule has 2 bridgehead atoms. The number of aliphatic hydroxyl groups excluding tert-OH is 1. The Balaban J connectivity index is 2.07. The molecule has 3 aliphatic heterocycles. The third-order valence-corrected chi connectivity index (χ3v) is 9.84. The highest BCUT2D eigenvalue weighted by Gasteiger charge is 2.77. The van der Waals surface area contributed by atoms with Crippen LogP contribution in [0.1, 0.15) is 73.6 Å². The van der Waals surface area contributed by atoms with Gasteiger partial charge in [0.2, 0.25) is 11.8 Å². The van der Waals surface area contributed by atoms with Crippen molar-refractivity contribution in [1.82, 2.24) is 9.80 Å². The third-order valence-electron chi connectivity index (χ3n) is 7.86.